The van der Waals surface area contributed by atoms with Gasteiger partial charge in [-0.15, -0.1) is 0 Å². The second-order valence-corrected chi connectivity index (χ2v) is 9.58. The highest BCUT2D eigenvalue weighted by Gasteiger charge is 2.36. The van der Waals surface area contributed by atoms with Crippen LogP contribution in [0.4, 0.5) is 0 Å². The number of amidine groups is 2. The van der Waals surface area contributed by atoms with Crippen LogP contribution in [0.2, 0.25) is 5.02 Å². The van der Waals surface area contributed by atoms with Crippen LogP contribution in [-0.4, -0.2) is 42.1 Å². The molecule has 0 radical (unpaired) electrons. The average molecular weight is 546 g/mol. The van der Waals surface area contributed by atoms with Gasteiger partial charge >= 0.3 is 0 Å². The molecule has 0 fully saturated rings. The number of nitrogens with zero attached hydrogens (tertiary/aromatic N) is 2. The minimum absolute atomic E-state index is 0.0633. The zero-order chi connectivity index (χ0) is 26.5. The van der Waals surface area contributed by atoms with Gasteiger partial charge in [-0.2, -0.15) is 4.99 Å². The number of carbonyl (C=O) groups is 1. The molecule has 1 N–H and O–H groups in total. The lowest BCUT2D eigenvalue weighted by Crippen LogP contribution is -2.38. The largest absolute Gasteiger partial charge is 0.497 e. The molecule has 5 rings (SSSR count). The maximum atomic E-state index is 12.7. The molecular weight excluding hydrogens is 522 g/mol. The average Bonchev–Trinajstić information content (AvgIpc) is 3.36. The third-order valence-corrected chi connectivity index (χ3v) is 7.00. The van der Waals surface area contributed by atoms with Crippen molar-refractivity contribution in [1.29, 1.82) is 5.41 Å². The molecule has 0 bridgehead atoms. The van der Waals surface area contributed by atoms with Gasteiger partial charge in [0.15, 0.2) is 5.17 Å². The number of benzene rings is 3. The number of aliphatic imine (C=N–C) groups is 1. The Kier molecular flexibility index (Phi) is 7.81. The van der Waals surface area contributed by atoms with Gasteiger partial charge in [0.1, 0.15) is 23.1 Å². The molecule has 0 atom stereocenters. The molecular formula is C29H24ClN3O4S. The summed E-state index contributed by atoms with van der Waals surface area (Å²) in [5.74, 6) is 1.90. The molecule has 38 heavy (non-hydrogen) atoms. The number of fused-ring (bicyclic) bond motifs is 1. The Balaban J connectivity index is 1.19. The van der Waals surface area contributed by atoms with Gasteiger partial charge in [0.2, 0.25) is 0 Å². The van der Waals surface area contributed by atoms with Crippen molar-refractivity contribution in [3.8, 4) is 17.2 Å². The maximum absolute atomic E-state index is 12.7. The van der Waals surface area contributed by atoms with E-state index in [4.69, 9.17) is 31.2 Å². The number of carbonyl (C=O) groups excluding carboxylic acids is 1. The predicted octanol–water partition coefficient (Wildman–Crippen LogP) is 6.50. The predicted molar refractivity (Wildman–Crippen MR) is 152 cm³/mol. The number of thioether (sulfide) groups is 1. The highest BCUT2D eigenvalue weighted by molar-refractivity contribution is 8.17. The smallest absolute Gasteiger partial charge is 0.283 e. The van der Waals surface area contributed by atoms with Gasteiger partial charge in [0.05, 0.1) is 31.6 Å². The summed E-state index contributed by atoms with van der Waals surface area (Å²) in [6, 6.07) is 22.2. The number of amides is 1. The van der Waals surface area contributed by atoms with E-state index < -0.39 is 5.91 Å². The number of ether oxygens (including phenoxy) is 3. The monoisotopic (exact) mass is 545 g/mol. The molecule has 3 aromatic carbocycles. The molecule has 0 aromatic heterocycles. The summed E-state index contributed by atoms with van der Waals surface area (Å²) >= 11 is 7.70. The third kappa shape index (κ3) is 5.61. The van der Waals surface area contributed by atoms with E-state index in [2.05, 4.69) is 4.99 Å². The number of hydrogen-bond acceptors (Lipinski definition) is 6. The van der Waals surface area contributed by atoms with E-state index in [1.54, 1.807) is 24.2 Å². The lowest BCUT2D eigenvalue weighted by molar-refractivity contribution is -0.114. The van der Waals surface area contributed by atoms with Gasteiger partial charge in [-0.05, 0) is 54.1 Å². The molecule has 0 spiro atoms. The molecule has 0 unspecified atom stereocenters. The zero-order valence-corrected chi connectivity index (χ0v) is 22.1. The Hall–Kier alpha value is -4.01. The lowest BCUT2D eigenvalue weighted by atomic mass is 10.1. The van der Waals surface area contributed by atoms with Crippen LogP contribution in [0.5, 0.6) is 17.2 Å². The quantitative estimate of drug-likeness (QED) is 0.244. The Morgan fingerprint density at radius 3 is 2.24 bits per heavy atom. The molecule has 9 heteroatoms. The number of rotatable bonds is 9. The van der Waals surface area contributed by atoms with Crippen molar-refractivity contribution in [3.63, 3.8) is 0 Å². The Labute approximate surface area is 229 Å². The Morgan fingerprint density at radius 1 is 0.947 bits per heavy atom. The second kappa shape index (κ2) is 11.6. The van der Waals surface area contributed by atoms with Crippen molar-refractivity contribution < 1.29 is 19.0 Å². The van der Waals surface area contributed by atoms with Gasteiger partial charge in [0.25, 0.3) is 5.91 Å². The number of halogens is 1. The van der Waals surface area contributed by atoms with Crippen LogP contribution in [-0.2, 0) is 4.79 Å². The summed E-state index contributed by atoms with van der Waals surface area (Å²) in [7, 11) is 1.63. The normalized spacial score (nSPS) is 15.7. The summed E-state index contributed by atoms with van der Waals surface area (Å²) in [5.41, 5.74) is 2.48. The van der Waals surface area contributed by atoms with Crippen LogP contribution in [0.25, 0.3) is 11.8 Å². The first-order chi connectivity index (χ1) is 18.5. The first-order valence-corrected chi connectivity index (χ1v) is 13.1. The molecule has 7 nitrogen and oxygen atoms in total. The molecule has 2 heterocycles. The fourth-order valence-corrected chi connectivity index (χ4v) is 5.01. The summed E-state index contributed by atoms with van der Waals surface area (Å²) in [5, 5.41) is 11.7. The zero-order valence-electron chi connectivity index (χ0n) is 20.5. The van der Waals surface area contributed by atoms with Gasteiger partial charge in [-0.25, -0.2) is 0 Å². The summed E-state index contributed by atoms with van der Waals surface area (Å²) in [6.45, 7) is 1.03. The van der Waals surface area contributed by atoms with Crippen LogP contribution in [0.15, 0.2) is 88.8 Å². The van der Waals surface area contributed by atoms with Crippen molar-refractivity contribution in [2.45, 2.75) is 6.42 Å². The molecule has 1 amide bonds. The third-order valence-electron chi connectivity index (χ3n) is 5.84. The van der Waals surface area contributed by atoms with Gasteiger partial charge < -0.3 is 14.2 Å². The number of methoxy groups -OCH3 is 1. The Morgan fingerprint density at radius 2 is 1.58 bits per heavy atom. The van der Waals surface area contributed by atoms with Crippen molar-refractivity contribution in [2.24, 2.45) is 4.99 Å². The summed E-state index contributed by atoms with van der Waals surface area (Å²) < 4.78 is 16.7. The summed E-state index contributed by atoms with van der Waals surface area (Å²) in [4.78, 5) is 18.6. The number of hydrogen-bond donors (Lipinski definition) is 1. The Bertz CT molecular complexity index is 1450. The van der Waals surface area contributed by atoms with Crippen molar-refractivity contribution in [2.75, 3.05) is 20.3 Å². The maximum Gasteiger partial charge on any atom is 0.283 e. The lowest BCUT2D eigenvalue weighted by Gasteiger charge is -2.27. The highest BCUT2D eigenvalue weighted by atomic mass is 35.5. The van der Waals surface area contributed by atoms with E-state index in [-0.39, 0.29) is 11.4 Å². The van der Waals surface area contributed by atoms with E-state index >= 15 is 0 Å². The number of nitrogens with one attached hydrogen (secondary N) is 1. The fraction of sp³-hybridized carbons (Fsp3) is 0.138. The van der Waals surface area contributed by atoms with Crippen LogP contribution in [0.1, 0.15) is 17.5 Å². The van der Waals surface area contributed by atoms with E-state index in [9.17, 15) is 4.79 Å². The highest BCUT2D eigenvalue weighted by Crippen LogP contribution is 2.39. The van der Waals surface area contributed by atoms with Crippen molar-refractivity contribution in [3.05, 3.63) is 99.9 Å². The van der Waals surface area contributed by atoms with Crippen LogP contribution in [0.3, 0.4) is 0 Å². The van der Waals surface area contributed by atoms with E-state index in [0.717, 1.165) is 34.7 Å². The summed E-state index contributed by atoms with van der Waals surface area (Å²) in [6.07, 6.45) is 2.39. The molecule has 192 valence electrons. The van der Waals surface area contributed by atoms with E-state index in [1.165, 1.54) is 11.8 Å². The molecule has 2 aliphatic rings. The minimum atomic E-state index is -0.445. The molecule has 3 aromatic rings. The second-order valence-electron chi connectivity index (χ2n) is 8.34. The topological polar surface area (TPSA) is 84.2 Å². The standard InChI is InChI=1S/C29H24ClN3O4S/c1-35-20-11-13-22(14-12-20)37-16-4-15-36-21-9-7-19(8-10-21)17-24-27(31)33-26(18-38-29(33)32-28(24)34)23-5-2-3-6-25(23)30/h2-3,5-14,17-18,31H,4,15-16H2,1H3/b24-17+,31-27?. The van der Waals surface area contributed by atoms with Crippen molar-refractivity contribution >= 4 is 52.0 Å². The van der Waals surface area contributed by atoms with Crippen LogP contribution < -0.4 is 14.2 Å². The fourth-order valence-electron chi connectivity index (χ4n) is 3.90. The molecule has 0 aliphatic carbocycles. The van der Waals surface area contributed by atoms with Gasteiger partial charge in [0, 0.05) is 22.4 Å². The van der Waals surface area contributed by atoms with Gasteiger partial charge in [-0.3, -0.25) is 15.1 Å². The molecule has 2 aliphatic heterocycles. The molecule has 0 saturated carbocycles. The first-order valence-electron chi connectivity index (χ1n) is 11.9. The van der Waals surface area contributed by atoms with E-state index in [0.29, 0.717) is 29.2 Å². The van der Waals surface area contributed by atoms with Crippen molar-refractivity contribution in [1.82, 2.24) is 4.90 Å². The van der Waals surface area contributed by atoms with E-state index in [1.807, 2.05) is 72.1 Å². The van der Waals surface area contributed by atoms with Gasteiger partial charge in [-0.1, -0.05) is 53.7 Å². The molecule has 0 saturated heterocycles. The first kappa shape index (κ1) is 25.6. The minimum Gasteiger partial charge on any atom is -0.497 e. The van der Waals surface area contributed by atoms with Crippen LogP contribution >= 0.6 is 23.4 Å². The van der Waals surface area contributed by atoms with Crippen LogP contribution in [0, 0.1) is 5.41 Å². The SMILES string of the molecule is COc1ccc(OCCCOc2ccc(/C=C3\C(=N)N4C(c5ccccc5Cl)=CSC4=NC3=O)cc2)cc1.